The van der Waals surface area contributed by atoms with Gasteiger partial charge < -0.3 is 5.32 Å². The fourth-order valence-electron chi connectivity index (χ4n) is 1.72. The number of nitriles is 1. The van der Waals surface area contributed by atoms with Crippen molar-refractivity contribution in [2.45, 2.75) is 25.8 Å². The molecule has 1 saturated carbocycles. The van der Waals surface area contributed by atoms with E-state index in [0.717, 1.165) is 11.6 Å². The van der Waals surface area contributed by atoms with Crippen LogP contribution in [0.1, 0.15) is 25.3 Å². The highest BCUT2D eigenvalue weighted by molar-refractivity contribution is 6.32. The van der Waals surface area contributed by atoms with Gasteiger partial charge in [0.15, 0.2) is 0 Å². The van der Waals surface area contributed by atoms with Crippen LogP contribution in [0.3, 0.4) is 0 Å². The van der Waals surface area contributed by atoms with Gasteiger partial charge in [0.2, 0.25) is 0 Å². The van der Waals surface area contributed by atoms with Crippen molar-refractivity contribution in [2.24, 2.45) is 5.92 Å². The number of nitrogens with zero attached hydrogens (tertiary/aromatic N) is 1. The number of rotatable bonds is 3. The third-order valence-corrected chi connectivity index (χ3v) is 3.15. The molecule has 0 radical (unpaired) electrons. The van der Waals surface area contributed by atoms with E-state index in [0.29, 0.717) is 16.6 Å². The maximum Gasteiger partial charge on any atom is 0.103 e. The lowest BCUT2D eigenvalue weighted by molar-refractivity contribution is 0.694. The molecule has 0 saturated heterocycles. The first-order valence-electron chi connectivity index (χ1n) is 5.17. The Morgan fingerprint density at radius 3 is 2.87 bits per heavy atom. The average Bonchev–Trinajstić information content (AvgIpc) is 3.01. The number of benzene rings is 1. The van der Waals surface area contributed by atoms with Crippen molar-refractivity contribution in [1.29, 1.82) is 5.26 Å². The highest BCUT2D eigenvalue weighted by Gasteiger charge is 2.28. The van der Waals surface area contributed by atoms with E-state index in [1.807, 2.05) is 12.1 Å². The fourth-order valence-corrected chi connectivity index (χ4v) is 1.93. The van der Waals surface area contributed by atoms with Crippen LogP contribution >= 0.6 is 11.6 Å². The van der Waals surface area contributed by atoms with Crippen LogP contribution in [0, 0.1) is 17.2 Å². The Hall–Kier alpha value is -1.20. The van der Waals surface area contributed by atoms with Gasteiger partial charge in [-0.25, -0.2) is 0 Å². The SMILES string of the molecule is CC(Nc1cccc(Cl)c1C#N)C1CC1. The van der Waals surface area contributed by atoms with Gasteiger partial charge in [-0.05, 0) is 37.8 Å². The maximum atomic E-state index is 8.99. The molecule has 1 fully saturated rings. The van der Waals surface area contributed by atoms with Gasteiger partial charge in [-0.3, -0.25) is 0 Å². The van der Waals surface area contributed by atoms with Gasteiger partial charge in [-0.2, -0.15) is 5.26 Å². The lowest BCUT2D eigenvalue weighted by Gasteiger charge is -2.15. The molecule has 1 aliphatic carbocycles. The number of anilines is 1. The molecule has 0 bridgehead atoms. The van der Waals surface area contributed by atoms with E-state index < -0.39 is 0 Å². The van der Waals surface area contributed by atoms with Crippen LogP contribution in [-0.4, -0.2) is 6.04 Å². The Morgan fingerprint density at radius 2 is 2.27 bits per heavy atom. The van der Waals surface area contributed by atoms with Crippen LogP contribution in [0.5, 0.6) is 0 Å². The largest absolute Gasteiger partial charge is 0.381 e. The normalized spacial score (nSPS) is 16.9. The Balaban J connectivity index is 2.20. The first-order valence-corrected chi connectivity index (χ1v) is 5.55. The Kier molecular flexibility index (Phi) is 2.83. The van der Waals surface area contributed by atoms with Crippen molar-refractivity contribution in [3.63, 3.8) is 0 Å². The van der Waals surface area contributed by atoms with Crippen LogP contribution in [0.2, 0.25) is 5.02 Å². The fraction of sp³-hybridized carbons (Fsp3) is 0.417. The number of nitrogens with one attached hydrogen (secondary N) is 1. The maximum absolute atomic E-state index is 8.99. The monoisotopic (exact) mass is 220 g/mol. The summed E-state index contributed by atoms with van der Waals surface area (Å²) in [5.41, 5.74) is 1.40. The summed E-state index contributed by atoms with van der Waals surface area (Å²) in [6.45, 7) is 2.15. The molecule has 1 aromatic rings. The zero-order valence-corrected chi connectivity index (χ0v) is 9.38. The molecule has 2 nitrogen and oxygen atoms in total. The van der Waals surface area contributed by atoms with Gasteiger partial charge >= 0.3 is 0 Å². The summed E-state index contributed by atoms with van der Waals surface area (Å²) in [7, 11) is 0. The molecule has 15 heavy (non-hydrogen) atoms. The molecular formula is C12H13ClN2. The predicted molar refractivity (Wildman–Crippen MR) is 62.0 cm³/mol. The van der Waals surface area contributed by atoms with E-state index >= 15 is 0 Å². The molecule has 2 rings (SSSR count). The van der Waals surface area contributed by atoms with E-state index in [4.69, 9.17) is 16.9 Å². The summed E-state index contributed by atoms with van der Waals surface area (Å²) in [6.07, 6.45) is 2.58. The first kappa shape index (κ1) is 10.3. The topological polar surface area (TPSA) is 35.8 Å². The third-order valence-electron chi connectivity index (χ3n) is 2.84. The molecule has 1 aromatic carbocycles. The van der Waals surface area contributed by atoms with Crippen molar-refractivity contribution in [3.8, 4) is 6.07 Å². The molecule has 3 heteroatoms. The number of hydrogen-bond acceptors (Lipinski definition) is 2. The molecule has 78 valence electrons. The lowest BCUT2D eigenvalue weighted by atomic mass is 10.1. The van der Waals surface area contributed by atoms with Crippen molar-refractivity contribution in [2.75, 3.05) is 5.32 Å². The van der Waals surface area contributed by atoms with Crippen LogP contribution in [0.4, 0.5) is 5.69 Å². The minimum atomic E-state index is 0.426. The van der Waals surface area contributed by atoms with Crippen molar-refractivity contribution in [1.82, 2.24) is 0 Å². The lowest BCUT2D eigenvalue weighted by Crippen LogP contribution is -2.17. The molecule has 1 unspecified atom stereocenters. The highest BCUT2D eigenvalue weighted by atomic mass is 35.5. The molecule has 1 N–H and O–H groups in total. The highest BCUT2D eigenvalue weighted by Crippen LogP contribution is 2.35. The molecule has 0 amide bonds. The van der Waals surface area contributed by atoms with E-state index in [-0.39, 0.29) is 0 Å². The summed E-state index contributed by atoms with van der Waals surface area (Å²) >= 11 is 5.95. The second-order valence-corrected chi connectivity index (χ2v) is 4.45. The molecular weight excluding hydrogens is 208 g/mol. The predicted octanol–water partition coefficient (Wildman–Crippen LogP) is 3.42. The van der Waals surface area contributed by atoms with Crippen molar-refractivity contribution < 1.29 is 0 Å². The molecule has 0 aromatic heterocycles. The van der Waals surface area contributed by atoms with E-state index in [9.17, 15) is 0 Å². The smallest absolute Gasteiger partial charge is 0.103 e. The van der Waals surface area contributed by atoms with E-state index in [2.05, 4.69) is 18.3 Å². The summed E-state index contributed by atoms with van der Waals surface area (Å²) in [4.78, 5) is 0. The van der Waals surface area contributed by atoms with Gasteiger partial charge in [-0.15, -0.1) is 0 Å². The van der Waals surface area contributed by atoms with Crippen molar-refractivity contribution >= 4 is 17.3 Å². The quantitative estimate of drug-likeness (QED) is 0.847. The third kappa shape index (κ3) is 2.24. The van der Waals surface area contributed by atoms with Crippen LogP contribution < -0.4 is 5.32 Å². The number of hydrogen-bond donors (Lipinski definition) is 1. The molecule has 0 heterocycles. The zero-order valence-electron chi connectivity index (χ0n) is 8.63. The summed E-state index contributed by atoms with van der Waals surface area (Å²) in [5, 5.41) is 12.9. The molecule has 1 aliphatic rings. The van der Waals surface area contributed by atoms with Gasteiger partial charge in [0.1, 0.15) is 6.07 Å². The molecule has 0 aliphatic heterocycles. The van der Waals surface area contributed by atoms with Crippen LogP contribution in [0.25, 0.3) is 0 Å². The van der Waals surface area contributed by atoms with Gasteiger partial charge in [0, 0.05) is 6.04 Å². The summed E-state index contributed by atoms with van der Waals surface area (Å²) < 4.78 is 0. The van der Waals surface area contributed by atoms with Gasteiger partial charge in [-0.1, -0.05) is 17.7 Å². The van der Waals surface area contributed by atoms with Gasteiger partial charge in [0.25, 0.3) is 0 Å². The molecule has 1 atom stereocenters. The Bertz CT molecular complexity index is 405. The first-order chi connectivity index (χ1) is 7.22. The summed E-state index contributed by atoms with van der Waals surface area (Å²) in [5.74, 6) is 0.760. The van der Waals surface area contributed by atoms with Crippen LogP contribution in [-0.2, 0) is 0 Å². The Morgan fingerprint density at radius 1 is 1.53 bits per heavy atom. The Labute approximate surface area is 94.9 Å². The second kappa shape index (κ2) is 4.12. The zero-order chi connectivity index (χ0) is 10.8. The van der Waals surface area contributed by atoms with E-state index in [1.54, 1.807) is 6.07 Å². The molecule has 0 spiro atoms. The van der Waals surface area contributed by atoms with Gasteiger partial charge in [0.05, 0.1) is 16.3 Å². The summed E-state index contributed by atoms with van der Waals surface area (Å²) in [6, 6.07) is 8.08. The second-order valence-electron chi connectivity index (χ2n) is 4.04. The average molecular weight is 221 g/mol. The van der Waals surface area contributed by atoms with E-state index in [1.165, 1.54) is 12.8 Å². The standard InChI is InChI=1S/C12H13ClN2/c1-8(9-5-6-9)15-12-4-2-3-11(13)10(12)7-14/h2-4,8-9,15H,5-6H2,1H3. The van der Waals surface area contributed by atoms with Crippen LogP contribution in [0.15, 0.2) is 18.2 Å². The minimum absolute atomic E-state index is 0.426. The van der Waals surface area contributed by atoms with Crippen molar-refractivity contribution in [3.05, 3.63) is 28.8 Å². The minimum Gasteiger partial charge on any atom is -0.381 e. The number of halogens is 1.